The van der Waals surface area contributed by atoms with Crippen molar-refractivity contribution in [2.45, 2.75) is 5.16 Å². The lowest BCUT2D eigenvalue weighted by Gasteiger charge is -2.09. The van der Waals surface area contributed by atoms with Crippen molar-refractivity contribution in [3.8, 4) is 5.69 Å². The van der Waals surface area contributed by atoms with Gasteiger partial charge in [0.15, 0.2) is 5.16 Å². The highest BCUT2D eigenvalue weighted by Crippen LogP contribution is 2.21. The Bertz CT molecular complexity index is 565. The molecule has 1 N–H and O–H groups in total. The summed E-state index contributed by atoms with van der Waals surface area (Å²) in [5.41, 5.74) is 1.13. The molecule has 0 radical (unpaired) electrons. The summed E-state index contributed by atoms with van der Waals surface area (Å²) in [5, 5.41) is 3.24. The van der Waals surface area contributed by atoms with E-state index in [0.717, 1.165) is 0 Å². The Morgan fingerprint density at radius 1 is 1.39 bits per heavy atom. The highest BCUT2D eigenvalue weighted by Gasteiger charge is 2.16. The molecule has 0 atom stereocenters. The number of amides is 1. The molecule has 2 aromatic rings. The maximum atomic E-state index is 12.9. The lowest BCUT2D eigenvalue weighted by Crippen LogP contribution is -2.21. The van der Waals surface area contributed by atoms with Crippen molar-refractivity contribution in [3.05, 3.63) is 42.0 Å². The number of aromatic nitrogens is 2. The Kier molecular flexibility index (Phi) is 3.66. The zero-order chi connectivity index (χ0) is 13.1. The van der Waals surface area contributed by atoms with Crippen LogP contribution in [0.2, 0.25) is 0 Å². The lowest BCUT2D eigenvalue weighted by atomic mass is 10.3. The summed E-state index contributed by atoms with van der Waals surface area (Å²) >= 11 is 1.42. The van der Waals surface area contributed by atoms with Crippen molar-refractivity contribution >= 4 is 17.7 Å². The van der Waals surface area contributed by atoms with Gasteiger partial charge in [0.05, 0.1) is 6.20 Å². The third-order valence-corrected chi connectivity index (χ3v) is 3.11. The van der Waals surface area contributed by atoms with Crippen LogP contribution in [-0.4, -0.2) is 28.8 Å². The molecule has 0 bridgehead atoms. The van der Waals surface area contributed by atoms with E-state index in [1.807, 2.05) is 6.26 Å². The summed E-state index contributed by atoms with van der Waals surface area (Å²) in [4.78, 5) is 15.9. The normalized spacial score (nSPS) is 10.4. The van der Waals surface area contributed by atoms with E-state index in [4.69, 9.17) is 0 Å². The van der Waals surface area contributed by atoms with Crippen LogP contribution in [0.25, 0.3) is 5.69 Å². The SMILES string of the molecule is CNC(=O)c1cnc(SC)n1-c1ccc(F)cc1. The second-order valence-corrected chi connectivity index (χ2v) is 4.29. The van der Waals surface area contributed by atoms with Gasteiger partial charge in [0, 0.05) is 12.7 Å². The standard InChI is InChI=1S/C12H12FN3OS/c1-14-11(17)10-7-15-12(18-2)16(10)9-5-3-8(13)4-6-9/h3-7H,1-2H3,(H,14,17). The van der Waals surface area contributed by atoms with E-state index in [1.165, 1.54) is 30.1 Å². The van der Waals surface area contributed by atoms with Gasteiger partial charge in [-0.3, -0.25) is 9.36 Å². The molecular weight excluding hydrogens is 253 g/mol. The van der Waals surface area contributed by atoms with Crippen LogP contribution < -0.4 is 5.32 Å². The second kappa shape index (κ2) is 5.22. The van der Waals surface area contributed by atoms with Gasteiger partial charge in [-0.2, -0.15) is 0 Å². The molecular formula is C12H12FN3OS. The van der Waals surface area contributed by atoms with Gasteiger partial charge >= 0.3 is 0 Å². The summed E-state index contributed by atoms with van der Waals surface area (Å²) < 4.78 is 14.6. The summed E-state index contributed by atoms with van der Waals surface area (Å²) in [5.74, 6) is -0.543. The van der Waals surface area contributed by atoms with Gasteiger partial charge < -0.3 is 5.32 Å². The van der Waals surface area contributed by atoms with Gasteiger partial charge in [-0.15, -0.1) is 0 Å². The van der Waals surface area contributed by atoms with Crippen molar-refractivity contribution in [2.24, 2.45) is 0 Å². The molecule has 0 saturated heterocycles. The Balaban J connectivity index is 2.56. The molecule has 0 spiro atoms. The van der Waals surface area contributed by atoms with Crippen LogP contribution in [0.15, 0.2) is 35.6 Å². The molecule has 0 aliphatic heterocycles. The van der Waals surface area contributed by atoms with Gasteiger partial charge in [-0.25, -0.2) is 9.37 Å². The lowest BCUT2D eigenvalue weighted by molar-refractivity contribution is 0.0956. The second-order valence-electron chi connectivity index (χ2n) is 3.52. The van der Waals surface area contributed by atoms with E-state index >= 15 is 0 Å². The maximum absolute atomic E-state index is 12.9. The quantitative estimate of drug-likeness (QED) is 0.864. The Labute approximate surface area is 108 Å². The first kappa shape index (κ1) is 12.6. The number of thioether (sulfide) groups is 1. The minimum absolute atomic E-state index is 0.230. The van der Waals surface area contributed by atoms with Gasteiger partial charge in [0.25, 0.3) is 5.91 Å². The number of hydrogen-bond acceptors (Lipinski definition) is 3. The fourth-order valence-corrected chi connectivity index (χ4v) is 2.15. The zero-order valence-corrected chi connectivity index (χ0v) is 10.8. The van der Waals surface area contributed by atoms with Gasteiger partial charge in [0.2, 0.25) is 0 Å². The van der Waals surface area contributed by atoms with Crippen molar-refractivity contribution in [2.75, 3.05) is 13.3 Å². The fraction of sp³-hybridized carbons (Fsp3) is 0.167. The average molecular weight is 265 g/mol. The minimum atomic E-state index is -0.314. The highest BCUT2D eigenvalue weighted by molar-refractivity contribution is 7.98. The molecule has 1 heterocycles. The molecule has 0 aliphatic rings. The van der Waals surface area contributed by atoms with Crippen LogP contribution >= 0.6 is 11.8 Å². The number of carbonyl (C=O) groups is 1. The molecule has 0 aliphatic carbocycles. The maximum Gasteiger partial charge on any atom is 0.269 e. The fourth-order valence-electron chi connectivity index (χ4n) is 1.61. The minimum Gasteiger partial charge on any atom is -0.354 e. The molecule has 6 heteroatoms. The molecule has 4 nitrogen and oxygen atoms in total. The molecule has 0 fully saturated rings. The first-order valence-corrected chi connectivity index (χ1v) is 6.49. The number of imidazole rings is 1. The number of carbonyl (C=O) groups excluding carboxylic acids is 1. The average Bonchev–Trinajstić information content (AvgIpc) is 2.82. The largest absolute Gasteiger partial charge is 0.354 e. The third-order valence-electron chi connectivity index (χ3n) is 2.46. The predicted octanol–water partition coefficient (Wildman–Crippen LogP) is 2.09. The monoisotopic (exact) mass is 265 g/mol. The topological polar surface area (TPSA) is 46.9 Å². The van der Waals surface area contributed by atoms with Gasteiger partial charge in [-0.05, 0) is 30.5 Å². The first-order chi connectivity index (χ1) is 8.67. The van der Waals surface area contributed by atoms with E-state index in [-0.39, 0.29) is 11.7 Å². The van der Waals surface area contributed by atoms with Crippen LogP contribution in [0.5, 0.6) is 0 Å². The predicted molar refractivity (Wildman–Crippen MR) is 68.7 cm³/mol. The Morgan fingerprint density at radius 3 is 2.61 bits per heavy atom. The Morgan fingerprint density at radius 2 is 2.06 bits per heavy atom. The highest BCUT2D eigenvalue weighted by atomic mass is 32.2. The van der Waals surface area contributed by atoms with E-state index in [9.17, 15) is 9.18 Å². The number of rotatable bonds is 3. The zero-order valence-electron chi connectivity index (χ0n) is 9.98. The first-order valence-electron chi connectivity index (χ1n) is 5.27. The van der Waals surface area contributed by atoms with E-state index in [1.54, 1.807) is 23.7 Å². The number of nitrogens with one attached hydrogen (secondary N) is 1. The molecule has 0 saturated carbocycles. The molecule has 94 valence electrons. The van der Waals surface area contributed by atoms with E-state index in [2.05, 4.69) is 10.3 Å². The van der Waals surface area contributed by atoms with Crippen molar-refractivity contribution in [3.63, 3.8) is 0 Å². The van der Waals surface area contributed by atoms with Crippen molar-refractivity contribution < 1.29 is 9.18 Å². The summed E-state index contributed by atoms with van der Waals surface area (Å²) in [6.45, 7) is 0. The molecule has 1 aromatic carbocycles. The summed E-state index contributed by atoms with van der Waals surface area (Å²) in [6, 6.07) is 5.94. The van der Waals surface area contributed by atoms with E-state index in [0.29, 0.717) is 16.5 Å². The van der Waals surface area contributed by atoms with Crippen LogP contribution in [0.4, 0.5) is 4.39 Å². The summed E-state index contributed by atoms with van der Waals surface area (Å²) in [7, 11) is 1.56. The van der Waals surface area contributed by atoms with Crippen LogP contribution in [0.3, 0.4) is 0 Å². The number of hydrogen-bond donors (Lipinski definition) is 1. The van der Waals surface area contributed by atoms with Crippen LogP contribution in [0.1, 0.15) is 10.5 Å². The molecule has 1 aromatic heterocycles. The molecule has 0 unspecified atom stereocenters. The van der Waals surface area contributed by atoms with Gasteiger partial charge in [0.1, 0.15) is 11.5 Å². The Hall–Kier alpha value is -1.82. The van der Waals surface area contributed by atoms with Crippen LogP contribution in [0, 0.1) is 5.82 Å². The molecule has 2 rings (SSSR count). The molecule has 18 heavy (non-hydrogen) atoms. The van der Waals surface area contributed by atoms with E-state index < -0.39 is 0 Å². The van der Waals surface area contributed by atoms with Crippen molar-refractivity contribution in [1.82, 2.24) is 14.9 Å². The van der Waals surface area contributed by atoms with Crippen molar-refractivity contribution in [1.29, 1.82) is 0 Å². The smallest absolute Gasteiger partial charge is 0.269 e. The number of halogens is 1. The summed E-state index contributed by atoms with van der Waals surface area (Å²) in [6.07, 6.45) is 3.38. The van der Waals surface area contributed by atoms with Gasteiger partial charge in [-0.1, -0.05) is 11.8 Å². The number of nitrogens with zero attached hydrogens (tertiary/aromatic N) is 2. The number of benzene rings is 1. The molecule has 1 amide bonds. The van der Waals surface area contributed by atoms with Crippen LogP contribution in [-0.2, 0) is 0 Å². The third kappa shape index (κ3) is 2.24.